The van der Waals surface area contributed by atoms with Crippen LogP contribution in [0.2, 0.25) is 0 Å². The van der Waals surface area contributed by atoms with Crippen LogP contribution >= 0.6 is 0 Å². The molecule has 0 radical (unpaired) electrons. The first-order valence-corrected chi connectivity index (χ1v) is 5.10. The van der Waals surface area contributed by atoms with Gasteiger partial charge in [0.1, 0.15) is 10.5 Å². The van der Waals surface area contributed by atoms with Crippen LogP contribution in [0.5, 0.6) is 0 Å². The number of aliphatic carboxylic acids is 1. The monoisotopic (exact) mass is 256 g/mol. The first kappa shape index (κ1) is 13.7. The normalized spacial score (nSPS) is 13.7. The molecule has 8 heteroatoms. The zero-order chi connectivity index (χ0) is 13.9. The second-order valence-corrected chi connectivity index (χ2v) is 3.84. The highest BCUT2D eigenvalue weighted by Crippen LogP contribution is 2.17. The van der Waals surface area contributed by atoms with Gasteiger partial charge in [-0.1, -0.05) is 6.92 Å². The molecule has 8 nitrogen and oxygen atoms in total. The Kier molecular flexibility index (Phi) is 3.70. The van der Waals surface area contributed by atoms with Crippen molar-refractivity contribution in [1.82, 2.24) is 5.32 Å². The Morgan fingerprint density at radius 1 is 1.56 bits per heavy atom. The largest absolute Gasteiger partial charge is 0.480 e. The number of carbonyl (C=O) groups is 2. The Morgan fingerprint density at radius 3 is 2.56 bits per heavy atom. The standard InChI is InChI=1S/C10H12N2O6/c1-3-10(2,9(14)15)11-8(13)6-4-5-7(18-6)12(16)17/h4-5H,3H2,1-2H3,(H,11,13)(H,14,15). The summed E-state index contributed by atoms with van der Waals surface area (Å²) in [7, 11) is 0. The molecule has 0 aliphatic carbocycles. The molecular weight excluding hydrogens is 244 g/mol. The quantitative estimate of drug-likeness (QED) is 0.602. The van der Waals surface area contributed by atoms with Gasteiger partial charge in [0.2, 0.25) is 0 Å². The van der Waals surface area contributed by atoms with Gasteiger partial charge in [-0.3, -0.25) is 14.9 Å². The Labute approximate surface area is 102 Å². The lowest BCUT2D eigenvalue weighted by Gasteiger charge is -2.23. The average molecular weight is 256 g/mol. The van der Waals surface area contributed by atoms with E-state index in [9.17, 15) is 19.7 Å². The van der Waals surface area contributed by atoms with Crippen LogP contribution in [0.3, 0.4) is 0 Å². The zero-order valence-corrected chi connectivity index (χ0v) is 9.80. The van der Waals surface area contributed by atoms with Gasteiger partial charge in [0.25, 0.3) is 5.91 Å². The van der Waals surface area contributed by atoms with Crippen molar-refractivity contribution in [2.75, 3.05) is 0 Å². The maximum absolute atomic E-state index is 11.7. The summed E-state index contributed by atoms with van der Waals surface area (Å²) in [5.41, 5.74) is -1.45. The number of rotatable bonds is 5. The van der Waals surface area contributed by atoms with Crippen LogP contribution in [0.15, 0.2) is 16.5 Å². The molecule has 1 rings (SSSR count). The van der Waals surface area contributed by atoms with Crippen molar-refractivity contribution in [3.63, 3.8) is 0 Å². The van der Waals surface area contributed by atoms with E-state index >= 15 is 0 Å². The second-order valence-electron chi connectivity index (χ2n) is 3.84. The lowest BCUT2D eigenvalue weighted by Crippen LogP contribution is -2.51. The molecule has 0 spiro atoms. The summed E-state index contributed by atoms with van der Waals surface area (Å²) in [5.74, 6) is -2.88. The summed E-state index contributed by atoms with van der Waals surface area (Å²) in [6, 6.07) is 2.14. The van der Waals surface area contributed by atoms with E-state index < -0.39 is 28.2 Å². The van der Waals surface area contributed by atoms with Gasteiger partial charge in [-0.05, 0) is 19.4 Å². The smallest absolute Gasteiger partial charge is 0.433 e. The third kappa shape index (κ3) is 2.65. The maximum atomic E-state index is 11.7. The van der Waals surface area contributed by atoms with Crippen LogP contribution in [0, 0.1) is 10.1 Å². The lowest BCUT2D eigenvalue weighted by molar-refractivity contribution is -0.402. The highest BCUT2D eigenvalue weighted by atomic mass is 16.6. The van der Waals surface area contributed by atoms with Gasteiger partial charge < -0.3 is 14.8 Å². The van der Waals surface area contributed by atoms with Gasteiger partial charge in [0.15, 0.2) is 5.76 Å². The molecule has 0 aromatic carbocycles. The van der Waals surface area contributed by atoms with Crippen LogP contribution < -0.4 is 5.32 Å². The number of hydrogen-bond donors (Lipinski definition) is 2. The molecule has 0 aliphatic rings. The SMILES string of the molecule is CCC(C)(NC(=O)c1ccc([N+](=O)[O-])o1)C(=O)O. The first-order chi connectivity index (χ1) is 8.30. The number of furan rings is 1. The summed E-state index contributed by atoms with van der Waals surface area (Å²) in [6.07, 6.45) is 0.164. The highest BCUT2D eigenvalue weighted by Gasteiger charge is 2.34. The molecule has 1 amide bonds. The van der Waals surface area contributed by atoms with Crippen LogP contribution in [-0.4, -0.2) is 27.4 Å². The number of carboxylic acid groups (broad SMARTS) is 1. The number of nitrogens with zero attached hydrogens (tertiary/aromatic N) is 1. The first-order valence-electron chi connectivity index (χ1n) is 5.10. The predicted octanol–water partition coefficient (Wildman–Crippen LogP) is 1.17. The average Bonchev–Trinajstić information content (AvgIpc) is 2.77. The number of carboxylic acids is 1. The summed E-state index contributed by atoms with van der Waals surface area (Å²) in [5, 5.41) is 21.6. The number of nitrogens with one attached hydrogen (secondary N) is 1. The van der Waals surface area contributed by atoms with E-state index in [4.69, 9.17) is 5.11 Å². The van der Waals surface area contributed by atoms with E-state index in [2.05, 4.69) is 9.73 Å². The number of amides is 1. The molecule has 1 aromatic heterocycles. The molecule has 2 N–H and O–H groups in total. The fourth-order valence-corrected chi connectivity index (χ4v) is 1.15. The number of hydrogen-bond acceptors (Lipinski definition) is 5. The van der Waals surface area contributed by atoms with Gasteiger partial charge in [-0.15, -0.1) is 0 Å². The van der Waals surface area contributed by atoms with Gasteiger partial charge in [0, 0.05) is 0 Å². The van der Waals surface area contributed by atoms with Crippen molar-refractivity contribution in [3.05, 3.63) is 28.0 Å². The van der Waals surface area contributed by atoms with E-state index in [0.29, 0.717) is 0 Å². The van der Waals surface area contributed by atoms with E-state index in [-0.39, 0.29) is 12.2 Å². The lowest BCUT2D eigenvalue weighted by atomic mass is 9.99. The van der Waals surface area contributed by atoms with Crippen molar-refractivity contribution in [2.24, 2.45) is 0 Å². The number of nitro groups is 1. The number of carbonyl (C=O) groups excluding carboxylic acids is 1. The van der Waals surface area contributed by atoms with E-state index in [1.165, 1.54) is 6.92 Å². The molecule has 1 heterocycles. The minimum atomic E-state index is -1.45. The van der Waals surface area contributed by atoms with Crippen LogP contribution in [0.25, 0.3) is 0 Å². The van der Waals surface area contributed by atoms with Crippen LogP contribution in [-0.2, 0) is 4.79 Å². The maximum Gasteiger partial charge on any atom is 0.433 e. The van der Waals surface area contributed by atoms with E-state index in [1.807, 2.05) is 0 Å². The Morgan fingerprint density at radius 2 is 2.17 bits per heavy atom. The Hall–Kier alpha value is -2.38. The van der Waals surface area contributed by atoms with Gasteiger partial charge >= 0.3 is 11.9 Å². The zero-order valence-electron chi connectivity index (χ0n) is 9.80. The minimum Gasteiger partial charge on any atom is -0.480 e. The molecule has 18 heavy (non-hydrogen) atoms. The molecule has 0 aliphatic heterocycles. The predicted molar refractivity (Wildman–Crippen MR) is 59.2 cm³/mol. The van der Waals surface area contributed by atoms with Gasteiger partial charge in [-0.2, -0.15) is 0 Å². The molecule has 1 unspecified atom stereocenters. The van der Waals surface area contributed by atoms with Crippen molar-refractivity contribution < 1.29 is 24.0 Å². The molecule has 1 atom stereocenters. The topological polar surface area (TPSA) is 123 Å². The fourth-order valence-electron chi connectivity index (χ4n) is 1.15. The summed E-state index contributed by atoms with van der Waals surface area (Å²) < 4.78 is 4.67. The summed E-state index contributed by atoms with van der Waals surface area (Å²) in [6.45, 7) is 2.93. The summed E-state index contributed by atoms with van der Waals surface area (Å²) >= 11 is 0. The highest BCUT2D eigenvalue weighted by molar-refractivity contribution is 5.95. The second kappa shape index (κ2) is 4.86. The van der Waals surface area contributed by atoms with Crippen LogP contribution in [0.4, 0.5) is 5.88 Å². The minimum absolute atomic E-state index is 0.164. The third-order valence-electron chi connectivity index (χ3n) is 2.56. The third-order valence-corrected chi connectivity index (χ3v) is 2.56. The molecular formula is C10H12N2O6. The Bertz CT molecular complexity index is 494. The van der Waals surface area contributed by atoms with Crippen molar-refractivity contribution in [3.8, 4) is 0 Å². The fraction of sp³-hybridized carbons (Fsp3) is 0.400. The molecule has 0 saturated heterocycles. The molecule has 0 bridgehead atoms. The van der Waals surface area contributed by atoms with Crippen molar-refractivity contribution >= 4 is 17.8 Å². The van der Waals surface area contributed by atoms with Crippen molar-refractivity contribution in [2.45, 2.75) is 25.8 Å². The van der Waals surface area contributed by atoms with E-state index in [1.54, 1.807) is 6.92 Å². The summed E-state index contributed by atoms with van der Waals surface area (Å²) in [4.78, 5) is 32.2. The van der Waals surface area contributed by atoms with Crippen LogP contribution in [0.1, 0.15) is 30.8 Å². The molecule has 98 valence electrons. The molecule has 0 saturated carbocycles. The van der Waals surface area contributed by atoms with Gasteiger partial charge in [-0.25, -0.2) is 4.79 Å². The van der Waals surface area contributed by atoms with E-state index in [0.717, 1.165) is 12.1 Å². The van der Waals surface area contributed by atoms with Gasteiger partial charge in [0.05, 0.1) is 6.07 Å². The molecule has 1 aromatic rings. The molecule has 0 fully saturated rings. The van der Waals surface area contributed by atoms with Crippen molar-refractivity contribution in [1.29, 1.82) is 0 Å². The Balaban J connectivity index is 2.88.